The predicted octanol–water partition coefficient (Wildman–Crippen LogP) is 4.45. The minimum Gasteiger partial charge on any atom is -0.481 e. The number of fused-ring (bicyclic) bond motifs is 1. The lowest BCUT2D eigenvalue weighted by atomic mass is 10.2. The Morgan fingerprint density at radius 3 is 2.76 bits per heavy atom. The molecular weight excluding hydrogens is 472 g/mol. The Bertz CT molecular complexity index is 1180. The Balaban J connectivity index is 1.86. The minimum absolute atomic E-state index is 0.116. The molecule has 0 saturated carbocycles. The number of nitrogens with zero attached hydrogens (tertiary/aromatic N) is 3. The third-order valence-electron chi connectivity index (χ3n) is 5.58. The van der Waals surface area contributed by atoms with Crippen molar-refractivity contribution in [2.45, 2.75) is 58.8 Å². The van der Waals surface area contributed by atoms with E-state index in [9.17, 15) is 14.4 Å². The topological polar surface area (TPSA) is 104 Å². The molecule has 0 atom stereocenters. The van der Waals surface area contributed by atoms with Gasteiger partial charge in [0.25, 0.3) is 11.5 Å². The molecule has 0 unspecified atom stereocenters. The fraction of sp³-hybridized carbons (Fsp3) is 0.458. The highest BCUT2D eigenvalue weighted by atomic mass is 32.2. The van der Waals surface area contributed by atoms with Crippen LogP contribution in [0.25, 0.3) is 11.7 Å². The fourth-order valence-corrected chi connectivity index (χ4v) is 5.00. The molecule has 0 radical (unpaired) electrons. The Morgan fingerprint density at radius 2 is 2.03 bits per heavy atom. The zero-order valence-corrected chi connectivity index (χ0v) is 21.1. The predicted molar refractivity (Wildman–Crippen MR) is 140 cm³/mol. The number of anilines is 1. The van der Waals surface area contributed by atoms with Crippen LogP contribution in [0.2, 0.25) is 0 Å². The molecule has 1 amide bonds. The number of pyridine rings is 1. The first-order valence-corrected chi connectivity index (χ1v) is 12.8. The van der Waals surface area contributed by atoms with E-state index in [-0.39, 0.29) is 17.9 Å². The second-order valence-corrected chi connectivity index (χ2v) is 9.91. The van der Waals surface area contributed by atoms with Crippen LogP contribution in [0.15, 0.2) is 28.0 Å². The van der Waals surface area contributed by atoms with Gasteiger partial charge in [0.05, 0.1) is 10.5 Å². The zero-order valence-electron chi connectivity index (χ0n) is 19.5. The maximum absolute atomic E-state index is 13.4. The quantitative estimate of drug-likeness (QED) is 0.249. The van der Waals surface area contributed by atoms with Gasteiger partial charge in [0, 0.05) is 25.7 Å². The van der Waals surface area contributed by atoms with Gasteiger partial charge in [0.2, 0.25) is 0 Å². The van der Waals surface area contributed by atoms with Crippen molar-refractivity contribution in [2.75, 3.05) is 18.4 Å². The van der Waals surface area contributed by atoms with Gasteiger partial charge in [-0.25, -0.2) is 4.98 Å². The maximum atomic E-state index is 13.4. The van der Waals surface area contributed by atoms with Crippen LogP contribution in [0, 0.1) is 6.92 Å². The number of aliphatic carboxylic acids is 1. The van der Waals surface area contributed by atoms with Crippen LogP contribution in [0.3, 0.4) is 0 Å². The summed E-state index contributed by atoms with van der Waals surface area (Å²) in [5.74, 6) is -0.591. The summed E-state index contributed by atoms with van der Waals surface area (Å²) in [6.07, 6.45) is 8.42. The highest BCUT2D eigenvalue weighted by Gasteiger charge is 2.32. The Morgan fingerprint density at radius 1 is 1.24 bits per heavy atom. The maximum Gasteiger partial charge on any atom is 0.303 e. The number of carboxylic acid groups (broad SMARTS) is 1. The van der Waals surface area contributed by atoms with E-state index in [4.69, 9.17) is 22.3 Å². The van der Waals surface area contributed by atoms with Crippen LogP contribution in [0.1, 0.15) is 63.0 Å². The van der Waals surface area contributed by atoms with Gasteiger partial charge in [-0.2, -0.15) is 0 Å². The fourth-order valence-electron chi connectivity index (χ4n) is 3.71. The van der Waals surface area contributed by atoms with Crippen molar-refractivity contribution in [3.63, 3.8) is 0 Å². The number of carbonyl (C=O) groups is 2. The second kappa shape index (κ2) is 12.1. The van der Waals surface area contributed by atoms with Gasteiger partial charge in [-0.1, -0.05) is 56.2 Å². The van der Waals surface area contributed by atoms with E-state index in [1.165, 1.54) is 21.1 Å². The number of unbranched alkanes of at least 4 members (excludes halogenated alkanes) is 4. The molecule has 3 rings (SSSR count). The molecule has 1 saturated heterocycles. The van der Waals surface area contributed by atoms with Crippen LogP contribution in [0.5, 0.6) is 0 Å². The number of thiocarbonyl (C=S) groups is 1. The van der Waals surface area contributed by atoms with Crippen LogP contribution in [0.4, 0.5) is 5.82 Å². The lowest BCUT2D eigenvalue weighted by molar-refractivity contribution is -0.137. The molecule has 0 aromatic carbocycles. The Labute approximate surface area is 208 Å². The van der Waals surface area contributed by atoms with Crippen LogP contribution in [-0.2, 0) is 9.59 Å². The summed E-state index contributed by atoms with van der Waals surface area (Å²) in [6, 6.07) is 3.71. The van der Waals surface area contributed by atoms with Crippen molar-refractivity contribution in [3.8, 4) is 0 Å². The number of hydrogen-bond acceptors (Lipinski definition) is 7. The first kappa shape index (κ1) is 25.9. The number of carboxylic acids is 1. The molecule has 0 bridgehead atoms. The molecule has 0 spiro atoms. The SMILES string of the molecule is CCCCCNc1nc2c(C)cccn2c(=O)c1/C=C1/SC(=S)N(CCCCCC(=O)O)C1=O. The molecule has 3 heterocycles. The van der Waals surface area contributed by atoms with Crippen molar-refractivity contribution in [1.29, 1.82) is 0 Å². The number of carbonyl (C=O) groups excluding carboxylic acids is 1. The molecule has 2 N–H and O–H groups in total. The van der Waals surface area contributed by atoms with E-state index in [0.717, 1.165) is 24.8 Å². The number of rotatable bonds is 12. The molecule has 10 heteroatoms. The third kappa shape index (κ3) is 6.24. The minimum atomic E-state index is -0.821. The molecule has 182 valence electrons. The normalized spacial score (nSPS) is 15.0. The molecule has 1 aliphatic heterocycles. The number of aromatic nitrogens is 2. The lowest BCUT2D eigenvalue weighted by Gasteiger charge is -2.14. The summed E-state index contributed by atoms with van der Waals surface area (Å²) < 4.78 is 1.94. The van der Waals surface area contributed by atoms with E-state index in [1.54, 1.807) is 18.3 Å². The molecule has 34 heavy (non-hydrogen) atoms. The van der Waals surface area contributed by atoms with Crippen LogP contribution in [-0.4, -0.2) is 48.7 Å². The van der Waals surface area contributed by atoms with Crippen molar-refractivity contribution in [3.05, 3.63) is 44.7 Å². The number of hydrogen-bond donors (Lipinski definition) is 2. The monoisotopic (exact) mass is 502 g/mol. The number of thioether (sulfide) groups is 1. The second-order valence-electron chi connectivity index (χ2n) is 8.24. The van der Waals surface area contributed by atoms with Gasteiger partial charge in [-0.15, -0.1) is 0 Å². The van der Waals surface area contributed by atoms with Gasteiger partial charge in [0.15, 0.2) is 0 Å². The standard InChI is InChI=1S/C24H30N4O4S2/c1-3-4-7-12-25-20-17(22(31)27-14-9-10-16(2)21(27)26-20)15-18-23(32)28(24(33)34-18)13-8-5-6-11-19(29)30/h9-10,14-15,25H,3-8,11-13H2,1-2H3,(H,29,30)/b18-15+. The van der Waals surface area contributed by atoms with Gasteiger partial charge in [-0.3, -0.25) is 23.7 Å². The molecule has 1 fully saturated rings. The van der Waals surface area contributed by atoms with Gasteiger partial charge in [-0.05, 0) is 43.9 Å². The van der Waals surface area contributed by atoms with Crippen molar-refractivity contribution in [2.24, 2.45) is 0 Å². The molecule has 1 aliphatic rings. The summed E-state index contributed by atoms with van der Waals surface area (Å²) in [4.78, 5) is 43.7. The largest absolute Gasteiger partial charge is 0.481 e. The first-order chi connectivity index (χ1) is 16.3. The summed E-state index contributed by atoms with van der Waals surface area (Å²) in [7, 11) is 0. The molecule has 2 aromatic heterocycles. The number of amides is 1. The summed E-state index contributed by atoms with van der Waals surface area (Å²) in [5, 5.41) is 12.0. The molecular formula is C24H30N4O4S2. The summed E-state index contributed by atoms with van der Waals surface area (Å²) >= 11 is 6.58. The van der Waals surface area contributed by atoms with Gasteiger partial charge >= 0.3 is 5.97 Å². The van der Waals surface area contributed by atoms with E-state index >= 15 is 0 Å². The molecule has 2 aromatic rings. The molecule has 8 nitrogen and oxygen atoms in total. The van der Waals surface area contributed by atoms with E-state index in [2.05, 4.69) is 12.2 Å². The lowest BCUT2D eigenvalue weighted by Crippen LogP contribution is -2.29. The summed E-state index contributed by atoms with van der Waals surface area (Å²) in [6.45, 7) is 5.14. The van der Waals surface area contributed by atoms with E-state index in [1.807, 2.05) is 13.0 Å². The van der Waals surface area contributed by atoms with Crippen LogP contribution < -0.4 is 10.9 Å². The highest BCUT2D eigenvalue weighted by molar-refractivity contribution is 8.26. The van der Waals surface area contributed by atoms with E-state index in [0.29, 0.717) is 58.6 Å². The number of aryl methyl sites for hydroxylation is 1. The number of nitrogens with one attached hydrogen (secondary N) is 1. The third-order valence-corrected chi connectivity index (χ3v) is 6.96. The van der Waals surface area contributed by atoms with Gasteiger partial charge in [0.1, 0.15) is 15.8 Å². The first-order valence-electron chi connectivity index (χ1n) is 11.6. The smallest absolute Gasteiger partial charge is 0.303 e. The molecule has 0 aliphatic carbocycles. The van der Waals surface area contributed by atoms with E-state index < -0.39 is 5.97 Å². The highest BCUT2D eigenvalue weighted by Crippen LogP contribution is 2.33. The van der Waals surface area contributed by atoms with Crippen molar-refractivity contribution >= 4 is 57.7 Å². The van der Waals surface area contributed by atoms with Crippen molar-refractivity contribution < 1.29 is 14.7 Å². The average molecular weight is 503 g/mol. The average Bonchev–Trinajstić information content (AvgIpc) is 3.06. The van der Waals surface area contributed by atoms with Crippen molar-refractivity contribution in [1.82, 2.24) is 14.3 Å². The summed E-state index contributed by atoms with van der Waals surface area (Å²) in [5.41, 5.74) is 1.56. The Kier molecular flexibility index (Phi) is 9.23. The Hall–Kier alpha value is -2.72. The van der Waals surface area contributed by atoms with Gasteiger partial charge < -0.3 is 10.4 Å². The van der Waals surface area contributed by atoms with Crippen LogP contribution >= 0.6 is 24.0 Å². The zero-order chi connectivity index (χ0) is 24.7.